The van der Waals surface area contributed by atoms with Crippen molar-refractivity contribution < 1.29 is 5.11 Å². The third-order valence-electron chi connectivity index (χ3n) is 2.37. The summed E-state index contributed by atoms with van der Waals surface area (Å²) in [6.07, 6.45) is 9.07. The summed E-state index contributed by atoms with van der Waals surface area (Å²) in [5.41, 5.74) is 1.00. The van der Waals surface area contributed by atoms with Crippen molar-refractivity contribution in [1.29, 1.82) is 0 Å². The van der Waals surface area contributed by atoms with Crippen molar-refractivity contribution in [3.63, 3.8) is 0 Å². The van der Waals surface area contributed by atoms with Gasteiger partial charge in [0.1, 0.15) is 5.76 Å². The largest absolute Gasteiger partial charge is 0.508 e. The van der Waals surface area contributed by atoms with Gasteiger partial charge in [0, 0.05) is 24.3 Å². The van der Waals surface area contributed by atoms with Crippen molar-refractivity contribution in [1.82, 2.24) is 0 Å². The fraction of sp³-hybridized carbons (Fsp3) is 0.583. The van der Waals surface area contributed by atoms with Crippen molar-refractivity contribution in [2.75, 3.05) is 6.54 Å². The second kappa shape index (κ2) is 5.63. The Morgan fingerprint density at radius 3 is 2.93 bits per heavy atom. The normalized spacial score (nSPS) is 24.0. The lowest BCUT2D eigenvalue weighted by Crippen LogP contribution is -2.10. The minimum Gasteiger partial charge on any atom is -0.508 e. The quantitative estimate of drug-likeness (QED) is 0.683. The van der Waals surface area contributed by atoms with E-state index in [9.17, 15) is 5.11 Å². The molecule has 0 saturated carbocycles. The first-order valence-corrected chi connectivity index (χ1v) is 5.37. The summed E-state index contributed by atoms with van der Waals surface area (Å²) < 4.78 is 0. The van der Waals surface area contributed by atoms with Crippen LogP contribution in [0.5, 0.6) is 0 Å². The van der Waals surface area contributed by atoms with E-state index in [0.29, 0.717) is 11.7 Å². The molecule has 1 unspecified atom stereocenters. The van der Waals surface area contributed by atoms with E-state index in [-0.39, 0.29) is 0 Å². The molecular weight excluding hydrogens is 174 g/mol. The topological polar surface area (TPSA) is 32.6 Å². The molecule has 0 aromatic heterocycles. The lowest BCUT2D eigenvalue weighted by atomic mass is 10.00. The molecule has 0 heterocycles. The Hall–Kier alpha value is -1.05. The van der Waals surface area contributed by atoms with E-state index in [0.717, 1.165) is 18.7 Å². The summed E-state index contributed by atoms with van der Waals surface area (Å²) in [4.78, 5) is 4.48. The Balaban J connectivity index is 2.46. The first-order chi connectivity index (χ1) is 6.74. The highest BCUT2D eigenvalue weighted by atomic mass is 16.3. The Morgan fingerprint density at radius 2 is 2.21 bits per heavy atom. The third-order valence-corrected chi connectivity index (χ3v) is 2.37. The molecule has 14 heavy (non-hydrogen) atoms. The molecule has 1 aliphatic carbocycles. The van der Waals surface area contributed by atoms with Crippen LogP contribution in [0.1, 0.15) is 33.1 Å². The smallest absolute Gasteiger partial charge is 0.117 e. The molecule has 0 amide bonds. The molecule has 0 aromatic carbocycles. The van der Waals surface area contributed by atoms with Crippen molar-refractivity contribution >= 4 is 5.71 Å². The van der Waals surface area contributed by atoms with Crippen molar-refractivity contribution in [3.05, 3.63) is 24.0 Å². The fourth-order valence-electron chi connectivity index (χ4n) is 1.43. The van der Waals surface area contributed by atoms with Crippen LogP contribution in [0.2, 0.25) is 0 Å². The highest BCUT2D eigenvalue weighted by Gasteiger charge is 2.09. The molecule has 0 bridgehead atoms. The van der Waals surface area contributed by atoms with Crippen molar-refractivity contribution in [3.8, 4) is 0 Å². The highest BCUT2D eigenvalue weighted by molar-refractivity contribution is 5.99. The van der Waals surface area contributed by atoms with Crippen molar-refractivity contribution in [2.45, 2.75) is 33.1 Å². The summed E-state index contributed by atoms with van der Waals surface area (Å²) in [5, 5.41) is 9.29. The van der Waals surface area contributed by atoms with E-state index in [1.165, 1.54) is 12.8 Å². The Kier molecular flexibility index (Phi) is 4.44. The van der Waals surface area contributed by atoms with Gasteiger partial charge in [0.05, 0.1) is 0 Å². The molecule has 0 spiro atoms. The zero-order valence-corrected chi connectivity index (χ0v) is 9.03. The number of unbranched alkanes of at least 4 members (excludes halogenated alkanes) is 2. The molecule has 1 N–H and O–H groups in total. The average Bonchev–Trinajstić information content (AvgIpc) is 2.18. The number of hydrogen-bond donors (Lipinski definition) is 1. The fourth-order valence-corrected chi connectivity index (χ4v) is 1.43. The molecular formula is C12H19NO. The van der Waals surface area contributed by atoms with Crippen LogP contribution in [0.25, 0.3) is 0 Å². The predicted molar refractivity (Wildman–Crippen MR) is 60.8 cm³/mol. The zero-order chi connectivity index (χ0) is 10.4. The molecule has 0 saturated heterocycles. The standard InChI is InChI=1S/C12H19NO/c1-3-4-5-8-13-12-9-11(14)7-6-10(12)2/h6-7,9-10,14H,3-5,8H2,1-2H3. The Morgan fingerprint density at radius 1 is 1.43 bits per heavy atom. The second-order valence-electron chi connectivity index (χ2n) is 3.73. The Labute approximate surface area is 86.1 Å². The lowest BCUT2D eigenvalue weighted by Gasteiger charge is -2.11. The zero-order valence-electron chi connectivity index (χ0n) is 9.03. The maximum absolute atomic E-state index is 9.29. The van der Waals surface area contributed by atoms with Gasteiger partial charge in [-0.15, -0.1) is 0 Å². The molecule has 1 rings (SSSR count). The minimum absolute atomic E-state index is 0.317. The van der Waals surface area contributed by atoms with Gasteiger partial charge in [-0.3, -0.25) is 4.99 Å². The van der Waals surface area contributed by atoms with Crippen LogP contribution in [-0.2, 0) is 0 Å². The minimum atomic E-state index is 0.317. The molecule has 2 heteroatoms. The average molecular weight is 193 g/mol. The number of aliphatic hydroxyl groups is 1. The number of aliphatic hydroxyl groups excluding tert-OH is 1. The van der Waals surface area contributed by atoms with Crippen LogP contribution in [0.3, 0.4) is 0 Å². The van der Waals surface area contributed by atoms with Gasteiger partial charge in [-0.2, -0.15) is 0 Å². The van der Waals surface area contributed by atoms with Crippen LogP contribution >= 0.6 is 0 Å². The van der Waals surface area contributed by atoms with Gasteiger partial charge in [0.25, 0.3) is 0 Å². The van der Waals surface area contributed by atoms with E-state index >= 15 is 0 Å². The summed E-state index contributed by atoms with van der Waals surface area (Å²) in [7, 11) is 0. The second-order valence-corrected chi connectivity index (χ2v) is 3.73. The molecule has 0 aliphatic heterocycles. The van der Waals surface area contributed by atoms with Gasteiger partial charge >= 0.3 is 0 Å². The highest BCUT2D eigenvalue weighted by Crippen LogP contribution is 2.12. The summed E-state index contributed by atoms with van der Waals surface area (Å²) in [6, 6.07) is 0. The molecule has 0 radical (unpaired) electrons. The molecule has 78 valence electrons. The monoisotopic (exact) mass is 193 g/mol. The number of hydrogen-bond acceptors (Lipinski definition) is 2. The van der Waals surface area contributed by atoms with Crippen LogP contribution in [0.4, 0.5) is 0 Å². The molecule has 1 atom stereocenters. The van der Waals surface area contributed by atoms with Crippen LogP contribution < -0.4 is 0 Å². The molecule has 2 nitrogen and oxygen atoms in total. The first-order valence-electron chi connectivity index (χ1n) is 5.37. The van der Waals surface area contributed by atoms with Crippen LogP contribution in [0.15, 0.2) is 29.0 Å². The lowest BCUT2D eigenvalue weighted by molar-refractivity contribution is 0.431. The SMILES string of the molecule is CCCCCN=C1C=C(O)C=CC1C. The van der Waals surface area contributed by atoms with Gasteiger partial charge in [-0.1, -0.05) is 32.8 Å². The van der Waals surface area contributed by atoms with E-state index in [2.05, 4.69) is 18.8 Å². The maximum atomic E-state index is 9.29. The number of rotatable bonds is 4. The van der Waals surface area contributed by atoms with Crippen LogP contribution in [-0.4, -0.2) is 17.4 Å². The van der Waals surface area contributed by atoms with Gasteiger partial charge in [0.2, 0.25) is 0 Å². The summed E-state index contributed by atoms with van der Waals surface area (Å²) >= 11 is 0. The van der Waals surface area contributed by atoms with Gasteiger partial charge < -0.3 is 5.11 Å². The van der Waals surface area contributed by atoms with E-state index in [4.69, 9.17) is 0 Å². The van der Waals surface area contributed by atoms with E-state index in [1.54, 1.807) is 12.2 Å². The number of nitrogens with zero attached hydrogens (tertiary/aromatic N) is 1. The van der Waals surface area contributed by atoms with Gasteiger partial charge in [-0.05, 0) is 12.5 Å². The molecule has 0 fully saturated rings. The van der Waals surface area contributed by atoms with E-state index in [1.807, 2.05) is 6.08 Å². The first kappa shape index (κ1) is 11.0. The van der Waals surface area contributed by atoms with Gasteiger partial charge in [-0.25, -0.2) is 0 Å². The number of allylic oxidation sites excluding steroid dienone is 3. The van der Waals surface area contributed by atoms with Gasteiger partial charge in [0.15, 0.2) is 0 Å². The maximum Gasteiger partial charge on any atom is 0.117 e. The summed E-state index contributed by atoms with van der Waals surface area (Å²) in [6.45, 7) is 5.16. The van der Waals surface area contributed by atoms with Crippen molar-refractivity contribution in [2.24, 2.45) is 10.9 Å². The van der Waals surface area contributed by atoms with Crippen LogP contribution in [0, 0.1) is 5.92 Å². The summed E-state index contributed by atoms with van der Waals surface area (Å²) in [5.74, 6) is 0.657. The Bertz CT molecular complexity index is 263. The number of aliphatic imine (C=N–C) groups is 1. The van der Waals surface area contributed by atoms with E-state index < -0.39 is 0 Å². The molecule has 0 aromatic rings. The predicted octanol–water partition coefficient (Wildman–Crippen LogP) is 3.27. The molecule has 1 aliphatic rings. The third kappa shape index (κ3) is 3.36.